The molecule has 0 saturated heterocycles. The number of hydrogen-bond acceptors (Lipinski definition) is 5. The van der Waals surface area contributed by atoms with E-state index in [1.165, 1.54) is 24.1 Å². The van der Waals surface area contributed by atoms with Crippen LogP contribution in [0.5, 0.6) is 0 Å². The van der Waals surface area contributed by atoms with Gasteiger partial charge in [0, 0.05) is 44.5 Å². The number of nitrogens with one attached hydrogen (secondary N) is 1. The van der Waals surface area contributed by atoms with Gasteiger partial charge in [-0.25, -0.2) is 4.98 Å². The first-order chi connectivity index (χ1) is 12.6. The molecule has 1 N–H and O–H groups in total. The number of benzene rings is 1. The van der Waals surface area contributed by atoms with Crippen molar-refractivity contribution in [2.75, 3.05) is 32.1 Å². The number of fused-ring (bicyclic) bond motifs is 1. The fourth-order valence-corrected chi connectivity index (χ4v) is 4.15. The minimum Gasteiger partial charge on any atom is -0.374 e. The van der Waals surface area contributed by atoms with Gasteiger partial charge >= 0.3 is 0 Å². The summed E-state index contributed by atoms with van der Waals surface area (Å²) in [6, 6.07) is 8.49. The third-order valence-corrected chi connectivity index (χ3v) is 5.77. The molecule has 0 aliphatic carbocycles. The molecule has 1 aliphatic rings. The van der Waals surface area contributed by atoms with Gasteiger partial charge in [0.1, 0.15) is 0 Å². The van der Waals surface area contributed by atoms with E-state index in [4.69, 9.17) is 4.98 Å². The summed E-state index contributed by atoms with van der Waals surface area (Å²) < 4.78 is 0. The van der Waals surface area contributed by atoms with E-state index in [2.05, 4.69) is 53.0 Å². The van der Waals surface area contributed by atoms with Gasteiger partial charge in [-0.2, -0.15) is 0 Å². The molecule has 2 heterocycles. The molecule has 1 aromatic carbocycles. The van der Waals surface area contributed by atoms with E-state index in [-0.39, 0.29) is 5.56 Å². The van der Waals surface area contributed by atoms with Crippen molar-refractivity contribution in [1.29, 1.82) is 0 Å². The largest absolute Gasteiger partial charge is 0.374 e. The van der Waals surface area contributed by atoms with Gasteiger partial charge in [0.05, 0.1) is 11.3 Å². The monoisotopic (exact) mass is 372 g/mol. The quantitative estimate of drug-likeness (QED) is 0.597. The zero-order chi connectivity index (χ0) is 18.5. The van der Waals surface area contributed by atoms with Gasteiger partial charge < -0.3 is 14.8 Å². The molecule has 5 nitrogen and oxygen atoms in total. The third-order valence-electron chi connectivity index (χ3n) is 4.85. The number of aromatic nitrogens is 2. The van der Waals surface area contributed by atoms with Crippen molar-refractivity contribution >= 4 is 17.4 Å². The Hall–Kier alpha value is -1.79. The lowest BCUT2D eigenvalue weighted by atomic mass is 10.1. The number of para-hydroxylation sites is 1. The van der Waals surface area contributed by atoms with Crippen LogP contribution in [0.3, 0.4) is 0 Å². The number of thioether (sulfide) groups is 1. The first-order valence-electron chi connectivity index (χ1n) is 9.31. The van der Waals surface area contributed by atoms with Gasteiger partial charge in [0.25, 0.3) is 5.56 Å². The van der Waals surface area contributed by atoms with Crippen LogP contribution in [-0.4, -0.2) is 42.1 Å². The van der Waals surface area contributed by atoms with Crippen LogP contribution < -0.4 is 10.5 Å². The van der Waals surface area contributed by atoms with Crippen LogP contribution in [0.25, 0.3) is 0 Å². The van der Waals surface area contributed by atoms with E-state index in [1.54, 1.807) is 11.8 Å². The Kier molecular flexibility index (Phi) is 6.38. The van der Waals surface area contributed by atoms with Crippen molar-refractivity contribution < 1.29 is 0 Å². The second-order valence-electron chi connectivity index (χ2n) is 6.98. The van der Waals surface area contributed by atoms with Crippen LogP contribution in [0.2, 0.25) is 0 Å². The van der Waals surface area contributed by atoms with Crippen LogP contribution >= 0.6 is 11.8 Å². The van der Waals surface area contributed by atoms with Crippen molar-refractivity contribution in [2.45, 2.75) is 43.6 Å². The predicted octanol–water partition coefficient (Wildman–Crippen LogP) is 3.29. The van der Waals surface area contributed by atoms with Gasteiger partial charge in [-0.15, -0.1) is 0 Å². The molecule has 0 fully saturated rings. The minimum atomic E-state index is 0.0115. The topological polar surface area (TPSA) is 52.2 Å². The van der Waals surface area contributed by atoms with E-state index in [9.17, 15) is 4.79 Å². The minimum absolute atomic E-state index is 0.0115. The number of nitrogens with zero attached hydrogens (tertiary/aromatic N) is 3. The lowest BCUT2D eigenvalue weighted by molar-refractivity contribution is 0.306. The van der Waals surface area contributed by atoms with Crippen LogP contribution in [-0.2, 0) is 18.7 Å². The molecule has 0 amide bonds. The molecule has 0 unspecified atom stereocenters. The Bertz CT molecular complexity index is 805. The fraction of sp³-hybridized carbons (Fsp3) is 0.500. The molecule has 0 radical (unpaired) electrons. The summed E-state index contributed by atoms with van der Waals surface area (Å²) in [5.74, 6) is 0.800. The first-order valence-corrected chi connectivity index (χ1v) is 10.3. The van der Waals surface area contributed by atoms with Gasteiger partial charge in [-0.3, -0.25) is 4.79 Å². The molecule has 1 aliphatic heterocycles. The molecule has 26 heavy (non-hydrogen) atoms. The van der Waals surface area contributed by atoms with Crippen molar-refractivity contribution in [2.24, 2.45) is 0 Å². The highest BCUT2D eigenvalue weighted by molar-refractivity contribution is 7.98. The zero-order valence-electron chi connectivity index (χ0n) is 15.9. The van der Waals surface area contributed by atoms with E-state index < -0.39 is 0 Å². The van der Waals surface area contributed by atoms with E-state index in [0.717, 1.165) is 41.7 Å². The number of rotatable bonds is 7. The molecule has 0 spiro atoms. The van der Waals surface area contributed by atoms with Crippen molar-refractivity contribution in [3.05, 3.63) is 51.4 Å². The Morgan fingerprint density at radius 2 is 2.15 bits per heavy atom. The number of unbranched alkanes of at least 4 members (excludes halogenated alkanes) is 1. The summed E-state index contributed by atoms with van der Waals surface area (Å²) in [6.07, 6.45) is 3.22. The van der Waals surface area contributed by atoms with Crippen molar-refractivity contribution in [3.8, 4) is 0 Å². The first kappa shape index (κ1) is 19.0. The Morgan fingerprint density at radius 3 is 2.96 bits per heavy atom. The lowest BCUT2D eigenvalue weighted by Gasteiger charge is -2.24. The Labute approximate surface area is 159 Å². The second kappa shape index (κ2) is 8.73. The maximum Gasteiger partial charge on any atom is 0.256 e. The van der Waals surface area contributed by atoms with E-state index in [1.807, 2.05) is 7.05 Å². The summed E-state index contributed by atoms with van der Waals surface area (Å²) >= 11 is 1.61. The molecule has 140 valence electrons. The van der Waals surface area contributed by atoms with Crippen LogP contribution in [0, 0.1) is 0 Å². The molecule has 6 heteroatoms. The van der Waals surface area contributed by atoms with Gasteiger partial charge in [-0.05, 0) is 25.1 Å². The Morgan fingerprint density at radius 1 is 1.35 bits per heavy atom. The average molecular weight is 373 g/mol. The predicted molar refractivity (Wildman–Crippen MR) is 109 cm³/mol. The molecule has 0 atom stereocenters. The normalized spacial score (nSPS) is 14.3. The molecule has 1 aromatic heterocycles. The molecule has 2 aromatic rings. The smallest absolute Gasteiger partial charge is 0.256 e. The van der Waals surface area contributed by atoms with Crippen LogP contribution in [0.4, 0.5) is 5.69 Å². The standard InChI is InChI=1S/C20H28N4OS/c1-4-5-11-24(3)18-9-7-6-8-15(18)14-26-20-21-17-10-12-23(2)13-16(17)19(25)22-20/h6-9H,4-5,10-14H2,1-3H3,(H,21,22,25). The van der Waals surface area contributed by atoms with Crippen LogP contribution in [0.15, 0.2) is 34.2 Å². The SMILES string of the molecule is CCCCN(C)c1ccccc1CSc1nc2c(c(=O)[nH]1)CN(C)CC2. The van der Waals surface area contributed by atoms with E-state index in [0.29, 0.717) is 6.54 Å². The number of likely N-dealkylation sites (N-methyl/N-ethyl adjacent to an activating group) is 1. The highest BCUT2D eigenvalue weighted by atomic mass is 32.2. The maximum absolute atomic E-state index is 12.4. The van der Waals surface area contributed by atoms with Gasteiger partial charge in [-0.1, -0.05) is 43.3 Å². The number of anilines is 1. The summed E-state index contributed by atoms with van der Waals surface area (Å²) in [6.45, 7) is 4.91. The zero-order valence-corrected chi connectivity index (χ0v) is 16.7. The lowest BCUT2D eigenvalue weighted by Crippen LogP contribution is -2.33. The third kappa shape index (κ3) is 4.48. The van der Waals surface area contributed by atoms with Crippen molar-refractivity contribution in [1.82, 2.24) is 14.9 Å². The fourth-order valence-electron chi connectivity index (χ4n) is 3.27. The van der Waals surface area contributed by atoms with Crippen LogP contribution in [0.1, 0.15) is 36.6 Å². The Balaban J connectivity index is 1.74. The highest BCUT2D eigenvalue weighted by Gasteiger charge is 2.19. The molecule has 0 saturated carbocycles. The summed E-state index contributed by atoms with van der Waals surface area (Å²) in [5.41, 5.74) is 4.33. The van der Waals surface area contributed by atoms with E-state index >= 15 is 0 Å². The summed E-state index contributed by atoms with van der Waals surface area (Å²) in [7, 11) is 4.19. The molecule has 3 rings (SSSR count). The second-order valence-corrected chi connectivity index (χ2v) is 7.94. The molecular weight excluding hydrogens is 344 g/mol. The van der Waals surface area contributed by atoms with Gasteiger partial charge in [0.2, 0.25) is 0 Å². The van der Waals surface area contributed by atoms with Crippen molar-refractivity contribution in [3.63, 3.8) is 0 Å². The highest BCUT2D eigenvalue weighted by Crippen LogP contribution is 2.27. The molecular formula is C20H28N4OS. The number of H-pyrrole nitrogens is 1. The number of aromatic amines is 1. The maximum atomic E-state index is 12.4. The summed E-state index contributed by atoms with van der Waals surface area (Å²) in [4.78, 5) is 24.6. The summed E-state index contributed by atoms with van der Waals surface area (Å²) in [5, 5.41) is 0.726. The molecule has 0 bridgehead atoms. The number of hydrogen-bond donors (Lipinski definition) is 1. The average Bonchev–Trinajstić information content (AvgIpc) is 2.65. The van der Waals surface area contributed by atoms with Gasteiger partial charge in [0.15, 0.2) is 5.16 Å².